The van der Waals surface area contributed by atoms with Crippen molar-refractivity contribution in [3.8, 4) is 5.82 Å². The number of carbonyl (C=O) groups is 1. The maximum Gasteiger partial charge on any atom is 0.256 e. The average Bonchev–Trinajstić information content (AvgIpc) is 3.52. The second-order valence-corrected chi connectivity index (χ2v) is 9.30. The van der Waals surface area contributed by atoms with Crippen LogP contribution >= 0.6 is 0 Å². The number of hydrazine groups is 1. The Morgan fingerprint density at radius 3 is 2.81 bits per heavy atom. The van der Waals surface area contributed by atoms with Crippen LogP contribution in [0.15, 0.2) is 42.9 Å². The zero-order valence-electron chi connectivity index (χ0n) is 20.5. The van der Waals surface area contributed by atoms with Gasteiger partial charge in [-0.3, -0.25) is 10.2 Å². The first-order chi connectivity index (χ1) is 17.4. The molecule has 0 radical (unpaired) electrons. The highest BCUT2D eigenvalue weighted by atomic mass is 19.1. The van der Waals surface area contributed by atoms with Gasteiger partial charge in [0.25, 0.3) is 5.91 Å². The van der Waals surface area contributed by atoms with Gasteiger partial charge >= 0.3 is 0 Å². The summed E-state index contributed by atoms with van der Waals surface area (Å²) in [7, 11) is 1.49. The van der Waals surface area contributed by atoms with Crippen LogP contribution in [0.5, 0.6) is 0 Å². The van der Waals surface area contributed by atoms with E-state index in [9.17, 15) is 9.18 Å². The molecule has 1 amide bonds. The molecule has 0 bridgehead atoms. The van der Waals surface area contributed by atoms with Crippen molar-refractivity contribution in [3.05, 3.63) is 59.8 Å². The van der Waals surface area contributed by atoms with Crippen LogP contribution in [0.3, 0.4) is 0 Å². The Bertz CT molecular complexity index is 1210. The molecule has 3 aromatic heterocycles. The summed E-state index contributed by atoms with van der Waals surface area (Å²) >= 11 is 0. The van der Waals surface area contributed by atoms with Gasteiger partial charge in [0.05, 0.1) is 19.3 Å². The van der Waals surface area contributed by atoms with Gasteiger partial charge in [0.1, 0.15) is 5.82 Å². The van der Waals surface area contributed by atoms with Gasteiger partial charge in [-0.15, -0.1) is 0 Å². The summed E-state index contributed by atoms with van der Waals surface area (Å²) in [4.78, 5) is 23.6. The SMILES string of the molecule is COC1(C(=O)NCc2ccc(-n3cccn3)nc2)CN(c2nc(NC3CC(C)NN3)cc(C)c2F)C1. The first kappa shape index (κ1) is 24.1. The van der Waals surface area contributed by atoms with Crippen LogP contribution in [-0.4, -0.2) is 63.7 Å². The standard InChI is InChI=1S/C24H30FN9O2/c1-15-9-18(29-19-10-16(2)31-32-19)30-22(21(15)25)33-13-24(14-33,36-3)23(35)27-12-17-5-6-20(26-11-17)34-8-4-7-28-34/h4-9,11,16,19,31-32H,10,12-14H2,1-3H3,(H,27,35)(H,29,30). The van der Waals surface area contributed by atoms with Crippen LogP contribution in [-0.2, 0) is 16.1 Å². The van der Waals surface area contributed by atoms with Gasteiger partial charge in [-0.2, -0.15) is 5.10 Å². The molecular weight excluding hydrogens is 465 g/mol. The molecule has 5 rings (SSSR count). The molecule has 3 aromatic rings. The number of rotatable bonds is 8. The van der Waals surface area contributed by atoms with Crippen molar-refractivity contribution in [1.29, 1.82) is 0 Å². The van der Waals surface area contributed by atoms with E-state index in [0.29, 0.717) is 29.8 Å². The first-order valence-corrected chi connectivity index (χ1v) is 11.8. The fourth-order valence-corrected chi connectivity index (χ4v) is 4.40. The number of nitrogens with one attached hydrogen (secondary N) is 4. The van der Waals surface area contributed by atoms with Crippen molar-refractivity contribution in [2.75, 3.05) is 30.4 Å². The number of aromatic nitrogens is 4. The van der Waals surface area contributed by atoms with Crippen molar-refractivity contribution < 1.29 is 13.9 Å². The molecule has 5 heterocycles. The van der Waals surface area contributed by atoms with E-state index < -0.39 is 11.4 Å². The van der Waals surface area contributed by atoms with Crippen molar-refractivity contribution in [2.45, 2.75) is 44.6 Å². The van der Waals surface area contributed by atoms with E-state index in [1.165, 1.54) is 7.11 Å². The normalized spacial score (nSPS) is 20.7. The number of carbonyl (C=O) groups excluding carboxylic acids is 1. The largest absolute Gasteiger partial charge is 0.365 e. The van der Waals surface area contributed by atoms with E-state index in [4.69, 9.17) is 4.74 Å². The minimum absolute atomic E-state index is 0.00598. The third-order valence-electron chi connectivity index (χ3n) is 6.54. The fraction of sp³-hybridized carbons (Fsp3) is 0.417. The van der Waals surface area contributed by atoms with Crippen LogP contribution in [0.4, 0.5) is 16.0 Å². The zero-order chi connectivity index (χ0) is 25.3. The third kappa shape index (κ3) is 4.74. The molecule has 2 aliphatic rings. The van der Waals surface area contributed by atoms with Gasteiger partial charge in [-0.05, 0) is 49.6 Å². The molecule has 190 valence electrons. The molecule has 2 atom stereocenters. The number of anilines is 2. The fourth-order valence-electron chi connectivity index (χ4n) is 4.40. The van der Waals surface area contributed by atoms with Crippen LogP contribution < -0.4 is 26.4 Å². The first-order valence-electron chi connectivity index (χ1n) is 11.8. The number of nitrogens with zero attached hydrogens (tertiary/aromatic N) is 5. The highest BCUT2D eigenvalue weighted by Crippen LogP contribution is 2.33. The smallest absolute Gasteiger partial charge is 0.256 e. The quantitative estimate of drug-likeness (QED) is 0.366. The van der Waals surface area contributed by atoms with Crippen LogP contribution in [0.25, 0.3) is 5.82 Å². The van der Waals surface area contributed by atoms with Crippen molar-refractivity contribution in [1.82, 2.24) is 35.9 Å². The van der Waals surface area contributed by atoms with Crippen LogP contribution in [0.2, 0.25) is 0 Å². The van der Waals surface area contributed by atoms with Crippen molar-refractivity contribution in [3.63, 3.8) is 0 Å². The van der Waals surface area contributed by atoms with Gasteiger partial charge < -0.3 is 20.3 Å². The molecule has 0 saturated carbocycles. The second-order valence-electron chi connectivity index (χ2n) is 9.30. The molecular formula is C24H30FN9O2. The Balaban J connectivity index is 1.21. The molecule has 11 nitrogen and oxygen atoms in total. The van der Waals surface area contributed by atoms with Gasteiger partial charge in [-0.1, -0.05) is 6.07 Å². The van der Waals surface area contributed by atoms with Gasteiger partial charge in [0, 0.05) is 38.3 Å². The van der Waals surface area contributed by atoms with E-state index in [1.54, 1.807) is 35.0 Å². The molecule has 2 fully saturated rings. The lowest BCUT2D eigenvalue weighted by atomic mass is 9.92. The Morgan fingerprint density at radius 1 is 1.33 bits per heavy atom. The Kier molecular flexibility index (Phi) is 6.56. The second kappa shape index (κ2) is 9.80. The number of methoxy groups -OCH3 is 1. The van der Waals surface area contributed by atoms with Crippen LogP contribution in [0.1, 0.15) is 24.5 Å². The number of halogens is 1. The van der Waals surface area contributed by atoms with Gasteiger partial charge in [0.15, 0.2) is 23.1 Å². The summed E-state index contributed by atoms with van der Waals surface area (Å²) in [5.74, 6) is 0.797. The van der Waals surface area contributed by atoms with Gasteiger partial charge in [0.2, 0.25) is 0 Å². The summed E-state index contributed by atoms with van der Waals surface area (Å²) in [6.45, 7) is 4.46. The number of ether oxygens (including phenoxy) is 1. The molecule has 12 heteroatoms. The molecule has 2 saturated heterocycles. The van der Waals surface area contributed by atoms with E-state index in [-0.39, 0.29) is 31.0 Å². The monoisotopic (exact) mass is 495 g/mol. The Labute approximate surface area is 208 Å². The molecule has 2 aliphatic heterocycles. The molecule has 4 N–H and O–H groups in total. The number of hydrogen-bond acceptors (Lipinski definition) is 9. The maximum absolute atomic E-state index is 15.0. The van der Waals surface area contributed by atoms with E-state index in [0.717, 1.165) is 12.0 Å². The van der Waals surface area contributed by atoms with E-state index in [2.05, 4.69) is 43.5 Å². The third-order valence-corrected chi connectivity index (χ3v) is 6.54. The maximum atomic E-state index is 15.0. The zero-order valence-corrected chi connectivity index (χ0v) is 20.5. The predicted molar refractivity (Wildman–Crippen MR) is 132 cm³/mol. The number of pyridine rings is 2. The lowest BCUT2D eigenvalue weighted by Crippen LogP contribution is -2.70. The molecule has 2 unspecified atom stereocenters. The molecule has 0 aliphatic carbocycles. The topological polar surface area (TPSA) is 121 Å². The highest BCUT2D eigenvalue weighted by molar-refractivity contribution is 5.89. The van der Waals surface area contributed by atoms with Crippen molar-refractivity contribution >= 4 is 17.5 Å². The molecule has 0 aromatic carbocycles. The summed E-state index contributed by atoms with van der Waals surface area (Å²) in [5, 5.41) is 10.4. The van der Waals surface area contributed by atoms with E-state index >= 15 is 0 Å². The number of aryl methyl sites for hydroxylation is 1. The summed E-state index contributed by atoms with van der Waals surface area (Å²) in [6, 6.07) is 7.55. The van der Waals surface area contributed by atoms with Gasteiger partial charge in [-0.25, -0.2) is 24.5 Å². The summed E-state index contributed by atoms with van der Waals surface area (Å²) < 4.78 is 22.2. The molecule has 36 heavy (non-hydrogen) atoms. The average molecular weight is 496 g/mol. The molecule has 0 spiro atoms. The van der Waals surface area contributed by atoms with Crippen LogP contribution in [0, 0.1) is 12.7 Å². The van der Waals surface area contributed by atoms with Crippen molar-refractivity contribution in [2.24, 2.45) is 0 Å². The predicted octanol–water partition coefficient (Wildman–Crippen LogP) is 1.26. The minimum Gasteiger partial charge on any atom is -0.365 e. The Hall–Kier alpha value is -3.61. The number of amides is 1. The minimum atomic E-state index is -1.08. The highest BCUT2D eigenvalue weighted by Gasteiger charge is 2.51. The summed E-state index contributed by atoms with van der Waals surface area (Å²) in [6.07, 6.45) is 6.05. The summed E-state index contributed by atoms with van der Waals surface area (Å²) in [5.41, 5.74) is 6.53. The number of hydrogen-bond donors (Lipinski definition) is 4. The lowest BCUT2D eigenvalue weighted by molar-refractivity contribution is -0.146. The Morgan fingerprint density at radius 2 is 2.17 bits per heavy atom. The van der Waals surface area contributed by atoms with E-state index in [1.807, 2.05) is 24.4 Å². The lowest BCUT2D eigenvalue weighted by Gasteiger charge is -2.48.